The molecule has 0 saturated carbocycles. The van der Waals surface area contributed by atoms with Crippen LogP contribution in [0.4, 0.5) is 0 Å². The summed E-state index contributed by atoms with van der Waals surface area (Å²) in [4.78, 5) is 4.55. The minimum absolute atomic E-state index is 0.127. The van der Waals surface area contributed by atoms with Gasteiger partial charge in [0.25, 0.3) is 0 Å². The zero-order valence-corrected chi connectivity index (χ0v) is 12.1. The van der Waals surface area contributed by atoms with Crippen molar-refractivity contribution in [2.45, 2.75) is 32.4 Å². The lowest BCUT2D eigenvalue weighted by Crippen LogP contribution is -2.22. The minimum atomic E-state index is 0.127. The Balaban J connectivity index is 1.95. The maximum atomic E-state index is 5.58. The van der Waals surface area contributed by atoms with Gasteiger partial charge in [-0.2, -0.15) is 0 Å². The summed E-state index contributed by atoms with van der Waals surface area (Å²) in [5, 5.41) is 3.39. The van der Waals surface area contributed by atoms with Crippen molar-refractivity contribution in [2.24, 2.45) is 0 Å². The summed E-state index contributed by atoms with van der Waals surface area (Å²) >= 11 is 0. The molecule has 1 aliphatic rings. The zero-order valence-electron chi connectivity index (χ0n) is 12.1. The zero-order chi connectivity index (χ0) is 13.9. The molecule has 1 atom stereocenters. The Morgan fingerprint density at radius 2 is 2.35 bits per heavy atom. The molecule has 0 amide bonds. The van der Waals surface area contributed by atoms with Crippen molar-refractivity contribution in [3.63, 3.8) is 0 Å². The average Bonchev–Trinajstić information content (AvgIpc) is 3.09. The Morgan fingerprint density at radius 1 is 1.45 bits per heavy atom. The summed E-state index contributed by atoms with van der Waals surface area (Å²) in [6, 6.07) is 6.59. The molecule has 2 aromatic rings. The largest absolute Gasteiger partial charge is 0.493 e. The van der Waals surface area contributed by atoms with Gasteiger partial charge < -0.3 is 14.6 Å². The smallest absolute Gasteiger partial charge is 0.130 e. The van der Waals surface area contributed by atoms with E-state index in [0.717, 1.165) is 37.6 Å². The summed E-state index contributed by atoms with van der Waals surface area (Å²) in [7, 11) is 1.99. The standard InChI is InChI=1S/C16H21N3O/c1-3-8-19-9-7-18-16(19)15(17-2)13-4-5-14-12(11-13)6-10-20-14/h4-5,7,9,11,15,17H,3,6,8,10H2,1-2H3. The van der Waals surface area contributed by atoms with Gasteiger partial charge in [0, 0.05) is 25.4 Å². The fourth-order valence-electron chi connectivity index (χ4n) is 2.84. The van der Waals surface area contributed by atoms with Crippen LogP contribution in [-0.4, -0.2) is 23.2 Å². The summed E-state index contributed by atoms with van der Waals surface area (Å²) < 4.78 is 7.81. The number of aryl methyl sites for hydroxylation is 1. The van der Waals surface area contributed by atoms with E-state index in [9.17, 15) is 0 Å². The monoisotopic (exact) mass is 271 g/mol. The van der Waals surface area contributed by atoms with Crippen LogP contribution in [0.25, 0.3) is 0 Å². The fraction of sp³-hybridized carbons (Fsp3) is 0.438. The van der Waals surface area contributed by atoms with Gasteiger partial charge in [-0.1, -0.05) is 13.0 Å². The molecule has 0 radical (unpaired) electrons. The molecule has 3 rings (SSSR count). The molecule has 1 aliphatic heterocycles. The van der Waals surface area contributed by atoms with Crippen LogP contribution in [0, 0.1) is 0 Å². The molecule has 1 aromatic carbocycles. The number of ether oxygens (including phenoxy) is 1. The van der Waals surface area contributed by atoms with Crippen molar-refractivity contribution in [3.05, 3.63) is 47.5 Å². The third-order valence-electron chi connectivity index (χ3n) is 3.81. The van der Waals surface area contributed by atoms with E-state index in [2.05, 4.69) is 46.2 Å². The number of nitrogens with zero attached hydrogens (tertiary/aromatic N) is 2. The number of hydrogen-bond acceptors (Lipinski definition) is 3. The highest BCUT2D eigenvalue weighted by atomic mass is 16.5. The van der Waals surface area contributed by atoms with Crippen LogP contribution in [0.5, 0.6) is 5.75 Å². The molecule has 1 unspecified atom stereocenters. The lowest BCUT2D eigenvalue weighted by molar-refractivity contribution is 0.357. The van der Waals surface area contributed by atoms with Gasteiger partial charge in [-0.05, 0) is 36.7 Å². The van der Waals surface area contributed by atoms with Gasteiger partial charge in [0.15, 0.2) is 0 Å². The van der Waals surface area contributed by atoms with Crippen LogP contribution >= 0.6 is 0 Å². The number of aromatic nitrogens is 2. The van der Waals surface area contributed by atoms with E-state index in [-0.39, 0.29) is 6.04 Å². The van der Waals surface area contributed by atoms with E-state index in [4.69, 9.17) is 4.74 Å². The van der Waals surface area contributed by atoms with E-state index < -0.39 is 0 Å². The molecule has 0 bridgehead atoms. The molecular formula is C16H21N3O. The molecule has 4 heteroatoms. The molecule has 0 spiro atoms. The second kappa shape index (κ2) is 5.67. The molecule has 106 valence electrons. The third-order valence-corrected chi connectivity index (χ3v) is 3.81. The van der Waals surface area contributed by atoms with Crippen LogP contribution in [0.2, 0.25) is 0 Å². The number of imidazole rings is 1. The van der Waals surface area contributed by atoms with Gasteiger partial charge in [-0.25, -0.2) is 4.98 Å². The van der Waals surface area contributed by atoms with E-state index in [0.29, 0.717) is 0 Å². The number of benzene rings is 1. The Bertz CT molecular complexity index is 591. The summed E-state index contributed by atoms with van der Waals surface area (Å²) in [6.07, 6.45) is 6.05. The highest BCUT2D eigenvalue weighted by molar-refractivity contribution is 5.42. The van der Waals surface area contributed by atoms with Crippen LogP contribution < -0.4 is 10.1 Å². The van der Waals surface area contributed by atoms with Crippen LogP contribution in [-0.2, 0) is 13.0 Å². The van der Waals surface area contributed by atoms with Gasteiger partial charge >= 0.3 is 0 Å². The first-order valence-electron chi connectivity index (χ1n) is 7.27. The first-order chi connectivity index (χ1) is 9.83. The molecule has 4 nitrogen and oxygen atoms in total. The summed E-state index contributed by atoms with van der Waals surface area (Å²) in [6.45, 7) is 3.99. The van der Waals surface area contributed by atoms with Gasteiger partial charge in [0.1, 0.15) is 11.6 Å². The lowest BCUT2D eigenvalue weighted by Gasteiger charge is -2.18. The Labute approximate surface area is 119 Å². The van der Waals surface area contributed by atoms with E-state index in [1.165, 1.54) is 11.1 Å². The lowest BCUT2D eigenvalue weighted by atomic mass is 10.0. The number of rotatable bonds is 5. The van der Waals surface area contributed by atoms with Crippen molar-refractivity contribution in [1.82, 2.24) is 14.9 Å². The van der Waals surface area contributed by atoms with Crippen molar-refractivity contribution in [3.8, 4) is 5.75 Å². The molecule has 1 N–H and O–H groups in total. The highest BCUT2D eigenvalue weighted by Gasteiger charge is 2.20. The maximum Gasteiger partial charge on any atom is 0.130 e. The van der Waals surface area contributed by atoms with Crippen molar-refractivity contribution in [1.29, 1.82) is 0 Å². The van der Waals surface area contributed by atoms with Crippen molar-refractivity contribution >= 4 is 0 Å². The number of nitrogens with one attached hydrogen (secondary N) is 1. The predicted molar refractivity (Wildman–Crippen MR) is 79.1 cm³/mol. The summed E-state index contributed by atoms with van der Waals surface area (Å²) in [5.41, 5.74) is 2.55. The summed E-state index contributed by atoms with van der Waals surface area (Å²) in [5.74, 6) is 2.11. The molecule has 2 heterocycles. The molecule has 0 aliphatic carbocycles. The van der Waals surface area contributed by atoms with E-state index in [1.54, 1.807) is 0 Å². The fourth-order valence-corrected chi connectivity index (χ4v) is 2.84. The van der Waals surface area contributed by atoms with Crippen LogP contribution in [0.3, 0.4) is 0 Å². The Morgan fingerprint density at radius 3 is 3.15 bits per heavy atom. The number of fused-ring (bicyclic) bond motifs is 1. The first kappa shape index (κ1) is 13.2. The number of hydrogen-bond donors (Lipinski definition) is 1. The third kappa shape index (κ3) is 2.31. The SMILES string of the molecule is CCCn1ccnc1C(NC)c1ccc2c(c1)CCO2. The maximum absolute atomic E-state index is 5.58. The van der Waals surface area contributed by atoms with E-state index in [1.807, 2.05) is 13.2 Å². The van der Waals surface area contributed by atoms with Crippen molar-refractivity contribution in [2.75, 3.05) is 13.7 Å². The second-order valence-corrected chi connectivity index (χ2v) is 5.17. The second-order valence-electron chi connectivity index (χ2n) is 5.17. The molecule has 0 fully saturated rings. The highest BCUT2D eigenvalue weighted by Crippen LogP contribution is 2.30. The predicted octanol–water partition coefficient (Wildman–Crippen LogP) is 2.54. The van der Waals surface area contributed by atoms with Gasteiger partial charge in [-0.15, -0.1) is 0 Å². The van der Waals surface area contributed by atoms with E-state index >= 15 is 0 Å². The van der Waals surface area contributed by atoms with Crippen LogP contribution in [0.1, 0.15) is 36.3 Å². The quantitative estimate of drug-likeness (QED) is 0.908. The topological polar surface area (TPSA) is 39.1 Å². The normalized spacial score (nSPS) is 14.9. The minimum Gasteiger partial charge on any atom is -0.493 e. The van der Waals surface area contributed by atoms with Crippen LogP contribution in [0.15, 0.2) is 30.6 Å². The van der Waals surface area contributed by atoms with Gasteiger partial charge in [0.2, 0.25) is 0 Å². The molecule has 1 aromatic heterocycles. The Kier molecular flexibility index (Phi) is 3.74. The average molecular weight is 271 g/mol. The van der Waals surface area contributed by atoms with Crippen molar-refractivity contribution < 1.29 is 4.74 Å². The first-order valence-corrected chi connectivity index (χ1v) is 7.27. The molecular weight excluding hydrogens is 250 g/mol. The van der Waals surface area contributed by atoms with Gasteiger partial charge in [0.05, 0.1) is 12.6 Å². The molecule has 0 saturated heterocycles. The Hall–Kier alpha value is -1.81. The van der Waals surface area contributed by atoms with Gasteiger partial charge in [-0.3, -0.25) is 0 Å². The molecule has 20 heavy (non-hydrogen) atoms.